The number of nitrogens with two attached hydrogens (primary N) is 1. The standard InChI is InChI=1S/C17H19ClN2/c1-12-8-13-4-2-3-5-16(13)20(11-12)17-9-15(18)7-6-14(17)10-19/h2-7,9,12H,8,10-11,19H2,1H3. The maximum atomic E-state index is 6.19. The summed E-state index contributed by atoms with van der Waals surface area (Å²) in [7, 11) is 0. The van der Waals surface area contributed by atoms with Gasteiger partial charge in [-0.05, 0) is 41.7 Å². The quantitative estimate of drug-likeness (QED) is 0.899. The maximum Gasteiger partial charge on any atom is 0.0471 e. The minimum absolute atomic E-state index is 0.527. The summed E-state index contributed by atoms with van der Waals surface area (Å²) in [6.07, 6.45) is 1.13. The highest BCUT2D eigenvalue weighted by Crippen LogP contribution is 2.37. The summed E-state index contributed by atoms with van der Waals surface area (Å²) >= 11 is 6.19. The van der Waals surface area contributed by atoms with E-state index in [-0.39, 0.29) is 0 Å². The zero-order chi connectivity index (χ0) is 14.1. The molecule has 0 saturated carbocycles. The van der Waals surface area contributed by atoms with E-state index in [0.717, 1.165) is 29.2 Å². The van der Waals surface area contributed by atoms with Crippen LogP contribution in [0.3, 0.4) is 0 Å². The molecule has 3 heteroatoms. The van der Waals surface area contributed by atoms with Crippen molar-refractivity contribution in [3.8, 4) is 0 Å². The lowest BCUT2D eigenvalue weighted by molar-refractivity contribution is 0.561. The van der Waals surface area contributed by atoms with Gasteiger partial charge in [0, 0.05) is 29.5 Å². The second kappa shape index (κ2) is 5.47. The van der Waals surface area contributed by atoms with Crippen molar-refractivity contribution in [2.75, 3.05) is 11.4 Å². The van der Waals surface area contributed by atoms with E-state index in [9.17, 15) is 0 Å². The molecule has 104 valence electrons. The fourth-order valence-corrected chi connectivity index (χ4v) is 3.15. The number of hydrogen-bond donors (Lipinski definition) is 1. The number of fused-ring (bicyclic) bond motifs is 1. The van der Waals surface area contributed by atoms with Crippen molar-refractivity contribution < 1.29 is 0 Å². The van der Waals surface area contributed by atoms with E-state index in [1.165, 1.54) is 11.3 Å². The van der Waals surface area contributed by atoms with Crippen LogP contribution in [0.25, 0.3) is 0 Å². The Hall–Kier alpha value is -1.51. The third-order valence-corrected chi connectivity index (χ3v) is 4.14. The van der Waals surface area contributed by atoms with Crippen LogP contribution in [0.2, 0.25) is 5.02 Å². The molecule has 0 amide bonds. The zero-order valence-electron chi connectivity index (χ0n) is 11.6. The summed E-state index contributed by atoms with van der Waals surface area (Å²) in [6.45, 7) is 3.82. The monoisotopic (exact) mass is 286 g/mol. The molecule has 1 atom stereocenters. The van der Waals surface area contributed by atoms with Gasteiger partial charge in [-0.3, -0.25) is 0 Å². The molecule has 2 aromatic rings. The molecule has 0 fully saturated rings. The van der Waals surface area contributed by atoms with Gasteiger partial charge in [0.05, 0.1) is 0 Å². The van der Waals surface area contributed by atoms with E-state index in [2.05, 4.69) is 36.1 Å². The number of nitrogens with zero attached hydrogens (tertiary/aromatic N) is 1. The van der Waals surface area contributed by atoms with Crippen LogP contribution in [0.15, 0.2) is 42.5 Å². The van der Waals surface area contributed by atoms with Crippen molar-refractivity contribution in [2.24, 2.45) is 11.7 Å². The minimum atomic E-state index is 0.527. The Morgan fingerprint density at radius 3 is 2.80 bits per heavy atom. The first-order chi connectivity index (χ1) is 9.69. The van der Waals surface area contributed by atoms with Crippen LogP contribution < -0.4 is 10.6 Å². The van der Waals surface area contributed by atoms with Crippen molar-refractivity contribution >= 4 is 23.0 Å². The second-order valence-corrected chi connectivity index (χ2v) is 5.96. The maximum absolute atomic E-state index is 6.19. The minimum Gasteiger partial charge on any atom is -0.341 e. The van der Waals surface area contributed by atoms with Crippen LogP contribution in [0.4, 0.5) is 11.4 Å². The Morgan fingerprint density at radius 1 is 1.20 bits per heavy atom. The van der Waals surface area contributed by atoms with Crippen LogP contribution >= 0.6 is 11.6 Å². The number of rotatable bonds is 2. The Balaban J connectivity index is 2.13. The van der Waals surface area contributed by atoms with Crippen LogP contribution in [0.1, 0.15) is 18.1 Å². The molecular formula is C17H19ClN2. The van der Waals surface area contributed by atoms with E-state index in [1.54, 1.807) is 0 Å². The van der Waals surface area contributed by atoms with Crippen molar-refractivity contribution in [1.29, 1.82) is 0 Å². The van der Waals surface area contributed by atoms with Crippen molar-refractivity contribution in [3.05, 3.63) is 58.6 Å². The van der Waals surface area contributed by atoms with Gasteiger partial charge in [-0.1, -0.05) is 42.8 Å². The number of para-hydroxylation sites is 1. The predicted molar refractivity (Wildman–Crippen MR) is 85.7 cm³/mol. The van der Waals surface area contributed by atoms with E-state index in [1.807, 2.05) is 18.2 Å². The number of benzene rings is 2. The lowest BCUT2D eigenvalue weighted by Gasteiger charge is -2.36. The lowest BCUT2D eigenvalue weighted by Crippen LogP contribution is -2.31. The summed E-state index contributed by atoms with van der Waals surface area (Å²) in [4.78, 5) is 2.36. The molecule has 0 aliphatic carbocycles. The Morgan fingerprint density at radius 2 is 2.00 bits per heavy atom. The topological polar surface area (TPSA) is 29.3 Å². The molecular weight excluding hydrogens is 268 g/mol. The molecule has 2 nitrogen and oxygen atoms in total. The second-order valence-electron chi connectivity index (χ2n) is 5.53. The van der Waals surface area contributed by atoms with Crippen molar-refractivity contribution in [1.82, 2.24) is 0 Å². The van der Waals surface area contributed by atoms with Gasteiger partial charge in [-0.25, -0.2) is 0 Å². The molecule has 2 N–H and O–H groups in total. The summed E-state index contributed by atoms with van der Waals surface area (Å²) in [5, 5.41) is 0.757. The molecule has 0 radical (unpaired) electrons. The van der Waals surface area contributed by atoms with Crippen LogP contribution in [-0.4, -0.2) is 6.54 Å². The highest BCUT2D eigenvalue weighted by atomic mass is 35.5. The molecule has 1 aliphatic heterocycles. The number of halogens is 1. The molecule has 0 spiro atoms. The number of hydrogen-bond acceptors (Lipinski definition) is 2. The molecule has 20 heavy (non-hydrogen) atoms. The van der Waals surface area contributed by atoms with Gasteiger partial charge in [0.1, 0.15) is 0 Å². The predicted octanol–water partition coefficient (Wildman–Crippen LogP) is 4.13. The van der Waals surface area contributed by atoms with E-state index >= 15 is 0 Å². The summed E-state index contributed by atoms with van der Waals surface area (Å²) in [5.41, 5.74) is 10.8. The smallest absolute Gasteiger partial charge is 0.0471 e. The van der Waals surface area contributed by atoms with Crippen LogP contribution in [0.5, 0.6) is 0 Å². The first kappa shape index (κ1) is 13.5. The molecule has 0 aromatic heterocycles. The fraction of sp³-hybridized carbons (Fsp3) is 0.294. The van der Waals surface area contributed by atoms with Crippen molar-refractivity contribution in [3.63, 3.8) is 0 Å². The zero-order valence-corrected chi connectivity index (χ0v) is 12.4. The van der Waals surface area contributed by atoms with Gasteiger partial charge >= 0.3 is 0 Å². The van der Waals surface area contributed by atoms with Gasteiger partial charge in [-0.2, -0.15) is 0 Å². The molecule has 0 saturated heterocycles. The highest BCUT2D eigenvalue weighted by molar-refractivity contribution is 6.30. The average Bonchev–Trinajstić information content (AvgIpc) is 2.46. The summed E-state index contributed by atoms with van der Waals surface area (Å²) in [5.74, 6) is 0.620. The normalized spacial score (nSPS) is 17.9. The van der Waals surface area contributed by atoms with Gasteiger partial charge in [0.2, 0.25) is 0 Å². The third kappa shape index (κ3) is 2.41. The molecule has 1 unspecified atom stereocenters. The largest absolute Gasteiger partial charge is 0.341 e. The van der Waals surface area contributed by atoms with E-state index in [4.69, 9.17) is 17.3 Å². The fourth-order valence-electron chi connectivity index (χ4n) is 2.99. The Labute approximate surface area is 125 Å². The first-order valence-corrected chi connectivity index (χ1v) is 7.40. The molecule has 1 heterocycles. The van der Waals surface area contributed by atoms with Crippen molar-refractivity contribution in [2.45, 2.75) is 19.9 Å². The summed E-state index contributed by atoms with van der Waals surface area (Å²) < 4.78 is 0. The van der Waals surface area contributed by atoms with E-state index in [0.29, 0.717) is 12.5 Å². The SMILES string of the molecule is CC1Cc2ccccc2N(c2cc(Cl)ccc2CN)C1. The van der Waals surface area contributed by atoms with Gasteiger partial charge < -0.3 is 10.6 Å². The van der Waals surface area contributed by atoms with Gasteiger partial charge in [0.25, 0.3) is 0 Å². The molecule has 1 aliphatic rings. The third-order valence-electron chi connectivity index (χ3n) is 3.90. The van der Waals surface area contributed by atoms with Crippen LogP contribution in [0, 0.1) is 5.92 Å². The van der Waals surface area contributed by atoms with Gasteiger partial charge in [0.15, 0.2) is 0 Å². The number of anilines is 2. The van der Waals surface area contributed by atoms with Gasteiger partial charge in [-0.15, -0.1) is 0 Å². The highest BCUT2D eigenvalue weighted by Gasteiger charge is 2.23. The molecule has 2 aromatic carbocycles. The summed E-state index contributed by atoms with van der Waals surface area (Å²) in [6, 6.07) is 14.6. The average molecular weight is 287 g/mol. The Kier molecular flexibility index (Phi) is 3.68. The first-order valence-electron chi connectivity index (χ1n) is 7.03. The lowest BCUT2D eigenvalue weighted by atomic mass is 9.93. The molecule has 3 rings (SSSR count). The van der Waals surface area contributed by atoms with E-state index < -0.39 is 0 Å². The molecule has 0 bridgehead atoms. The van der Waals surface area contributed by atoms with Crippen LogP contribution in [-0.2, 0) is 13.0 Å². The Bertz CT molecular complexity index is 624.